The maximum atomic E-state index is 5.90. The summed E-state index contributed by atoms with van der Waals surface area (Å²) in [6.45, 7) is 9.98. The van der Waals surface area contributed by atoms with Crippen LogP contribution in [0.2, 0.25) is 19.6 Å². The number of hydrogen-bond acceptors (Lipinski definition) is 1. The summed E-state index contributed by atoms with van der Waals surface area (Å²) in [6, 6.07) is 0. The van der Waals surface area contributed by atoms with E-state index in [0.29, 0.717) is 5.03 Å². The monoisotopic (exact) mass is 226 g/mol. The van der Waals surface area contributed by atoms with E-state index in [1.54, 1.807) is 6.92 Å². The van der Waals surface area contributed by atoms with Crippen LogP contribution < -0.4 is 0 Å². The van der Waals surface area contributed by atoms with Crippen LogP contribution in [0.15, 0.2) is 10.8 Å². The Morgan fingerprint density at radius 3 is 1.83 bits per heavy atom. The number of alkyl halides is 1. The van der Waals surface area contributed by atoms with Gasteiger partial charge in [-0.2, -0.15) is 0 Å². The quantitative estimate of drug-likeness (QED) is 0.403. The molecule has 0 heterocycles. The van der Waals surface area contributed by atoms with E-state index in [9.17, 15) is 0 Å². The van der Waals surface area contributed by atoms with Crippen molar-refractivity contribution in [2.24, 2.45) is 0 Å². The van der Waals surface area contributed by atoms with Crippen molar-refractivity contribution < 1.29 is 4.43 Å². The summed E-state index contributed by atoms with van der Waals surface area (Å²) in [5.74, 6) is 0.720. The highest BCUT2D eigenvalue weighted by atomic mass is 35.5. The Labute approximate surface area is 85.8 Å². The Morgan fingerprint density at radius 2 is 1.75 bits per heavy atom. The fraction of sp³-hybridized carbons (Fsp3) is 0.750. The number of rotatable bonds is 3. The third kappa shape index (κ3) is 5.07. The molecule has 0 saturated heterocycles. The fourth-order valence-corrected chi connectivity index (χ4v) is 2.35. The highest BCUT2D eigenvalue weighted by Gasteiger charge is 2.21. The van der Waals surface area contributed by atoms with Crippen molar-refractivity contribution in [2.75, 3.05) is 0 Å². The van der Waals surface area contributed by atoms with Gasteiger partial charge in [-0.05, 0) is 33.5 Å². The minimum atomic E-state index is -1.57. The Morgan fingerprint density at radius 1 is 1.33 bits per heavy atom. The summed E-state index contributed by atoms with van der Waals surface area (Å²) in [6.07, 6.45) is 0. The van der Waals surface area contributed by atoms with Crippen LogP contribution in [0.4, 0.5) is 0 Å². The van der Waals surface area contributed by atoms with Gasteiger partial charge in [0.25, 0.3) is 0 Å². The highest BCUT2D eigenvalue weighted by molar-refractivity contribution is 6.70. The van der Waals surface area contributed by atoms with Crippen LogP contribution in [-0.4, -0.2) is 13.7 Å². The molecule has 1 unspecified atom stereocenters. The standard InChI is InChI=1S/C8H16Cl2OSi/c1-6(9)8(7(2)10)11-12(3,4)5/h6H,1-5H3/b8-7-. The number of allylic oxidation sites excluding steroid dienone is 2. The van der Waals surface area contributed by atoms with Gasteiger partial charge in [-0.3, -0.25) is 0 Å². The van der Waals surface area contributed by atoms with E-state index >= 15 is 0 Å². The first kappa shape index (κ1) is 12.3. The summed E-state index contributed by atoms with van der Waals surface area (Å²) >= 11 is 11.7. The molecule has 1 nitrogen and oxygen atoms in total. The van der Waals surface area contributed by atoms with Gasteiger partial charge in [0.2, 0.25) is 8.32 Å². The minimum absolute atomic E-state index is 0.144. The van der Waals surface area contributed by atoms with Crippen LogP contribution in [0.3, 0.4) is 0 Å². The maximum Gasteiger partial charge on any atom is 0.241 e. The van der Waals surface area contributed by atoms with Gasteiger partial charge < -0.3 is 4.43 Å². The molecule has 0 N–H and O–H groups in total. The van der Waals surface area contributed by atoms with Gasteiger partial charge in [-0.15, -0.1) is 11.6 Å². The lowest BCUT2D eigenvalue weighted by molar-refractivity contribution is 0.405. The second-order valence-corrected chi connectivity index (χ2v) is 9.38. The van der Waals surface area contributed by atoms with Crippen molar-refractivity contribution in [3.05, 3.63) is 10.8 Å². The SMILES string of the molecule is C/C(Cl)=C(/O[Si](C)(C)C)C(C)Cl. The zero-order chi connectivity index (χ0) is 9.94. The Hall–Kier alpha value is 0.337. The Bertz CT molecular complexity index is 178. The molecule has 4 heteroatoms. The topological polar surface area (TPSA) is 9.23 Å². The number of hydrogen-bond donors (Lipinski definition) is 0. The van der Waals surface area contributed by atoms with Gasteiger partial charge in [0.1, 0.15) is 5.76 Å². The van der Waals surface area contributed by atoms with E-state index in [2.05, 4.69) is 19.6 Å². The predicted molar refractivity (Wildman–Crippen MR) is 58.3 cm³/mol. The van der Waals surface area contributed by atoms with Crippen molar-refractivity contribution in [3.63, 3.8) is 0 Å². The van der Waals surface area contributed by atoms with E-state index in [4.69, 9.17) is 27.6 Å². The average molecular weight is 227 g/mol. The van der Waals surface area contributed by atoms with Crippen LogP contribution >= 0.6 is 23.2 Å². The van der Waals surface area contributed by atoms with Crippen molar-refractivity contribution >= 4 is 31.5 Å². The lowest BCUT2D eigenvalue weighted by Crippen LogP contribution is -2.27. The summed E-state index contributed by atoms with van der Waals surface area (Å²) < 4.78 is 5.72. The third-order valence-electron chi connectivity index (χ3n) is 1.12. The summed E-state index contributed by atoms with van der Waals surface area (Å²) in [4.78, 5) is 0. The van der Waals surface area contributed by atoms with Crippen molar-refractivity contribution in [3.8, 4) is 0 Å². The van der Waals surface area contributed by atoms with Gasteiger partial charge in [0.05, 0.1) is 10.4 Å². The normalized spacial score (nSPS) is 16.9. The molecule has 0 fully saturated rings. The smallest absolute Gasteiger partial charge is 0.241 e. The van der Waals surface area contributed by atoms with E-state index in [-0.39, 0.29) is 5.38 Å². The van der Waals surface area contributed by atoms with Crippen molar-refractivity contribution in [1.82, 2.24) is 0 Å². The first-order valence-corrected chi connectivity index (χ1v) is 8.15. The second-order valence-electron chi connectivity index (χ2n) is 3.73. The van der Waals surface area contributed by atoms with E-state index in [0.717, 1.165) is 5.76 Å². The molecule has 0 aromatic rings. The fourth-order valence-electron chi connectivity index (χ4n) is 0.755. The molecule has 12 heavy (non-hydrogen) atoms. The molecule has 0 aromatic heterocycles. The Kier molecular flexibility index (Phi) is 4.67. The lowest BCUT2D eigenvalue weighted by Gasteiger charge is -2.23. The van der Waals surface area contributed by atoms with E-state index in [1.165, 1.54) is 0 Å². The summed E-state index contributed by atoms with van der Waals surface area (Å²) in [5, 5.41) is 0.508. The van der Waals surface area contributed by atoms with Crippen molar-refractivity contribution in [2.45, 2.75) is 38.9 Å². The van der Waals surface area contributed by atoms with Crippen LogP contribution in [0, 0.1) is 0 Å². The highest BCUT2D eigenvalue weighted by Crippen LogP contribution is 2.22. The second kappa shape index (κ2) is 4.54. The minimum Gasteiger partial charge on any atom is -0.545 e. The molecule has 72 valence electrons. The van der Waals surface area contributed by atoms with Crippen LogP contribution in [0.5, 0.6) is 0 Å². The first-order valence-electron chi connectivity index (χ1n) is 3.93. The zero-order valence-corrected chi connectivity index (χ0v) is 10.8. The molecule has 0 saturated carbocycles. The Balaban J connectivity index is 4.49. The zero-order valence-electron chi connectivity index (χ0n) is 8.24. The average Bonchev–Trinajstić information content (AvgIpc) is 1.79. The van der Waals surface area contributed by atoms with Gasteiger partial charge in [-0.25, -0.2) is 0 Å². The molecular formula is C8H16Cl2OSi. The molecule has 0 aliphatic heterocycles. The summed E-state index contributed by atoms with van der Waals surface area (Å²) in [5.41, 5.74) is 0. The van der Waals surface area contributed by atoms with E-state index in [1.807, 2.05) is 6.92 Å². The third-order valence-corrected chi connectivity index (χ3v) is 2.33. The van der Waals surface area contributed by atoms with Crippen LogP contribution in [-0.2, 0) is 4.43 Å². The molecule has 0 spiro atoms. The molecule has 0 radical (unpaired) electrons. The molecule has 0 aromatic carbocycles. The molecule has 0 aliphatic rings. The van der Waals surface area contributed by atoms with Crippen LogP contribution in [0.1, 0.15) is 13.8 Å². The van der Waals surface area contributed by atoms with E-state index < -0.39 is 8.32 Å². The van der Waals surface area contributed by atoms with Crippen LogP contribution in [0.25, 0.3) is 0 Å². The summed E-state index contributed by atoms with van der Waals surface area (Å²) in [7, 11) is -1.57. The van der Waals surface area contributed by atoms with Gasteiger partial charge in [0, 0.05) is 0 Å². The first-order chi connectivity index (χ1) is 5.24. The van der Waals surface area contributed by atoms with Gasteiger partial charge >= 0.3 is 0 Å². The van der Waals surface area contributed by atoms with Gasteiger partial charge in [-0.1, -0.05) is 11.6 Å². The maximum absolute atomic E-state index is 5.90. The van der Waals surface area contributed by atoms with Crippen molar-refractivity contribution in [1.29, 1.82) is 0 Å². The lowest BCUT2D eigenvalue weighted by atomic mass is 10.4. The predicted octanol–water partition coefficient (Wildman–Crippen LogP) is 3.94. The van der Waals surface area contributed by atoms with Gasteiger partial charge in [0.15, 0.2) is 0 Å². The molecule has 0 amide bonds. The molecular weight excluding hydrogens is 211 g/mol. The molecule has 1 atom stereocenters. The largest absolute Gasteiger partial charge is 0.545 e. The molecule has 0 rings (SSSR count). The molecule has 0 bridgehead atoms. The molecule has 0 aliphatic carbocycles. The number of halogens is 2.